The second kappa shape index (κ2) is 7.66. The molecule has 0 aromatic carbocycles. The highest BCUT2D eigenvalue weighted by Crippen LogP contribution is 2.08. The number of nitrogens with zero attached hydrogens (tertiary/aromatic N) is 1. The fourth-order valence-corrected chi connectivity index (χ4v) is 1.03. The summed E-state index contributed by atoms with van der Waals surface area (Å²) in [5, 5.41) is 3.02. The number of nitroso groups, excluding NO2 is 1. The van der Waals surface area contributed by atoms with Gasteiger partial charge in [-0.15, -0.1) is 0 Å². The minimum Gasteiger partial charge on any atom is -0.330 e. The lowest BCUT2D eigenvalue weighted by atomic mass is 10.1. The van der Waals surface area contributed by atoms with Crippen molar-refractivity contribution >= 4 is 0 Å². The third-order valence-corrected chi connectivity index (χ3v) is 1.86. The van der Waals surface area contributed by atoms with Crippen LogP contribution >= 0.6 is 0 Å². The molecule has 0 rings (SSSR count). The Labute approximate surface area is 68.3 Å². The van der Waals surface area contributed by atoms with Gasteiger partial charge in [0.05, 0.1) is 6.04 Å². The van der Waals surface area contributed by atoms with Gasteiger partial charge in [-0.3, -0.25) is 0 Å². The van der Waals surface area contributed by atoms with Gasteiger partial charge < -0.3 is 5.73 Å². The molecule has 0 saturated carbocycles. The minimum absolute atomic E-state index is 0.0350. The molecule has 2 N–H and O–H groups in total. The average Bonchev–Trinajstić information content (AvgIpc) is 2.05. The summed E-state index contributed by atoms with van der Waals surface area (Å²) in [7, 11) is 0. The van der Waals surface area contributed by atoms with Crippen LogP contribution in [0.25, 0.3) is 0 Å². The van der Waals surface area contributed by atoms with Gasteiger partial charge in [0.1, 0.15) is 0 Å². The van der Waals surface area contributed by atoms with Crippen molar-refractivity contribution in [3.63, 3.8) is 0 Å². The molecule has 66 valence electrons. The summed E-state index contributed by atoms with van der Waals surface area (Å²) in [6, 6.07) is 0.0350. The van der Waals surface area contributed by atoms with E-state index in [1.54, 1.807) is 0 Å². The molecule has 0 saturated heterocycles. The van der Waals surface area contributed by atoms with Crippen LogP contribution in [0.4, 0.5) is 0 Å². The highest BCUT2D eigenvalue weighted by atomic mass is 16.3. The number of unbranched alkanes of at least 4 members (excludes halogenated alkanes) is 2. The van der Waals surface area contributed by atoms with Gasteiger partial charge in [-0.05, 0) is 25.8 Å². The number of hydrogen-bond donors (Lipinski definition) is 1. The Bertz CT molecular complexity index is 96.1. The van der Waals surface area contributed by atoms with E-state index in [-0.39, 0.29) is 6.04 Å². The van der Waals surface area contributed by atoms with Gasteiger partial charge in [0.25, 0.3) is 0 Å². The van der Waals surface area contributed by atoms with Crippen molar-refractivity contribution in [2.45, 2.75) is 45.1 Å². The van der Waals surface area contributed by atoms with Crippen LogP contribution < -0.4 is 5.73 Å². The van der Waals surface area contributed by atoms with E-state index < -0.39 is 0 Å². The zero-order valence-electron chi connectivity index (χ0n) is 7.25. The number of hydrogen-bond acceptors (Lipinski definition) is 3. The summed E-state index contributed by atoms with van der Waals surface area (Å²) in [6.07, 6.45) is 5.07. The highest BCUT2D eigenvalue weighted by molar-refractivity contribution is 4.62. The van der Waals surface area contributed by atoms with Crippen molar-refractivity contribution in [3.05, 3.63) is 4.91 Å². The smallest absolute Gasteiger partial charge is 0.0917 e. The summed E-state index contributed by atoms with van der Waals surface area (Å²) in [5.41, 5.74) is 5.33. The molecule has 3 nitrogen and oxygen atoms in total. The van der Waals surface area contributed by atoms with Crippen LogP contribution in [-0.4, -0.2) is 12.6 Å². The van der Waals surface area contributed by atoms with Crippen molar-refractivity contribution < 1.29 is 0 Å². The SMILES string of the molecule is CCC(CCCCCN)N=O. The number of rotatable bonds is 7. The Morgan fingerprint density at radius 3 is 2.55 bits per heavy atom. The molecule has 0 aliphatic heterocycles. The van der Waals surface area contributed by atoms with Crippen LogP contribution in [0.3, 0.4) is 0 Å². The Hall–Kier alpha value is -0.440. The summed E-state index contributed by atoms with van der Waals surface area (Å²) in [4.78, 5) is 10.1. The molecule has 11 heavy (non-hydrogen) atoms. The molecule has 0 heterocycles. The molecule has 0 bridgehead atoms. The fraction of sp³-hybridized carbons (Fsp3) is 1.00. The van der Waals surface area contributed by atoms with Gasteiger partial charge in [-0.2, -0.15) is 4.91 Å². The first kappa shape index (κ1) is 10.6. The maximum Gasteiger partial charge on any atom is 0.0917 e. The molecular formula is C8H18N2O. The van der Waals surface area contributed by atoms with Crippen LogP contribution in [-0.2, 0) is 0 Å². The molecule has 0 spiro atoms. The molecule has 0 aliphatic rings. The van der Waals surface area contributed by atoms with E-state index in [4.69, 9.17) is 5.73 Å². The largest absolute Gasteiger partial charge is 0.330 e. The van der Waals surface area contributed by atoms with Crippen molar-refractivity contribution in [1.82, 2.24) is 0 Å². The van der Waals surface area contributed by atoms with Crippen molar-refractivity contribution in [1.29, 1.82) is 0 Å². The fourth-order valence-electron chi connectivity index (χ4n) is 1.03. The molecule has 0 aromatic heterocycles. The molecule has 0 aliphatic carbocycles. The predicted octanol–water partition coefficient (Wildman–Crippen LogP) is 2.05. The zero-order valence-corrected chi connectivity index (χ0v) is 7.25. The third-order valence-electron chi connectivity index (χ3n) is 1.86. The Morgan fingerprint density at radius 1 is 1.36 bits per heavy atom. The molecule has 0 radical (unpaired) electrons. The standard InChI is InChI=1S/C8H18N2O/c1-2-8(10-11)6-4-3-5-7-9/h8H,2-7,9H2,1H3. The Morgan fingerprint density at radius 2 is 2.09 bits per heavy atom. The Balaban J connectivity index is 3.14. The number of nitrogens with two attached hydrogens (primary N) is 1. The predicted molar refractivity (Wildman–Crippen MR) is 47.4 cm³/mol. The molecule has 0 amide bonds. The summed E-state index contributed by atoms with van der Waals surface area (Å²) >= 11 is 0. The normalized spacial score (nSPS) is 12.9. The van der Waals surface area contributed by atoms with Crippen LogP contribution in [0, 0.1) is 4.91 Å². The maximum absolute atomic E-state index is 10.1. The second-order valence-electron chi connectivity index (χ2n) is 2.81. The highest BCUT2D eigenvalue weighted by Gasteiger charge is 2.03. The van der Waals surface area contributed by atoms with E-state index >= 15 is 0 Å². The van der Waals surface area contributed by atoms with Crippen molar-refractivity contribution in [3.8, 4) is 0 Å². The van der Waals surface area contributed by atoms with Crippen LogP contribution in [0.2, 0.25) is 0 Å². The lowest BCUT2D eigenvalue weighted by molar-refractivity contribution is 0.541. The minimum atomic E-state index is 0.0350. The third kappa shape index (κ3) is 5.98. The van der Waals surface area contributed by atoms with E-state index in [1.807, 2.05) is 6.92 Å². The molecule has 3 heteroatoms. The monoisotopic (exact) mass is 158 g/mol. The van der Waals surface area contributed by atoms with E-state index in [1.165, 1.54) is 0 Å². The van der Waals surface area contributed by atoms with Crippen molar-refractivity contribution in [2.24, 2.45) is 10.9 Å². The van der Waals surface area contributed by atoms with Gasteiger partial charge >= 0.3 is 0 Å². The summed E-state index contributed by atoms with van der Waals surface area (Å²) in [6.45, 7) is 2.75. The van der Waals surface area contributed by atoms with Crippen LogP contribution in [0.1, 0.15) is 39.0 Å². The molecular weight excluding hydrogens is 140 g/mol. The van der Waals surface area contributed by atoms with Gasteiger partial charge in [-0.1, -0.05) is 24.9 Å². The lowest BCUT2D eigenvalue weighted by Gasteiger charge is -2.03. The molecule has 0 aromatic rings. The Kier molecular flexibility index (Phi) is 7.36. The van der Waals surface area contributed by atoms with E-state index in [0.717, 1.165) is 38.6 Å². The van der Waals surface area contributed by atoms with Crippen molar-refractivity contribution in [2.75, 3.05) is 6.54 Å². The zero-order chi connectivity index (χ0) is 8.53. The molecule has 0 fully saturated rings. The van der Waals surface area contributed by atoms with Crippen LogP contribution in [0.15, 0.2) is 5.18 Å². The first-order valence-corrected chi connectivity index (χ1v) is 4.37. The second-order valence-corrected chi connectivity index (χ2v) is 2.81. The van der Waals surface area contributed by atoms with Gasteiger partial charge in [0.15, 0.2) is 0 Å². The van der Waals surface area contributed by atoms with E-state index in [9.17, 15) is 4.91 Å². The van der Waals surface area contributed by atoms with Gasteiger partial charge in [0, 0.05) is 0 Å². The summed E-state index contributed by atoms with van der Waals surface area (Å²) in [5.74, 6) is 0. The van der Waals surface area contributed by atoms with E-state index in [2.05, 4.69) is 5.18 Å². The lowest BCUT2D eigenvalue weighted by Crippen LogP contribution is -2.02. The van der Waals surface area contributed by atoms with Crippen LogP contribution in [0.5, 0.6) is 0 Å². The average molecular weight is 158 g/mol. The quantitative estimate of drug-likeness (QED) is 0.455. The maximum atomic E-state index is 10.1. The topological polar surface area (TPSA) is 55.4 Å². The first-order chi connectivity index (χ1) is 5.35. The van der Waals surface area contributed by atoms with E-state index in [0.29, 0.717) is 0 Å². The first-order valence-electron chi connectivity index (χ1n) is 4.37. The summed E-state index contributed by atoms with van der Waals surface area (Å²) < 4.78 is 0. The molecule has 1 atom stereocenters. The molecule has 1 unspecified atom stereocenters. The van der Waals surface area contributed by atoms with Gasteiger partial charge in [0.2, 0.25) is 0 Å². The van der Waals surface area contributed by atoms with Gasteiger partial charge in [-0.25, -0.2) is 0 Å².